The summed E-state index contributed by atoms with van der Waals surface area (Å²) in [5.74, 6) is -6.55. The average molecular weight is 841 g/mol. The number of aliphatic carboxylic acids is 1. The number of fused-ring (bicyclic) bond motifs is 2. The van der Waals surface area contributed by atoms with Crippen LogP contribution in [-0.2, 0) is 44.8 Å². The van der Waals surface area contributed by atoms with Gasteiger partial charge in [-0.2, -0.15) is 0 Å². The molecule has 3 heterocycles. The number of carboxylic acids is 1. The van der Waals surface area contributed by atoms with Gasteiger partial charge in [-0.15, -0.1) is 0 Å². The number of aliphatic hydroxyl groups excluding tert-OH is 1. The van der Waals surface area contributed by atoms with E-state index in [4.69, 9.17) is 0 Å². The highest BCUT2D eigenvalue weighted by Crippen LogP contribution is 2.25. The van der Waals surface area contributed by atoms with E-state index in [0.29, 0.717) is 25.8 Å². The van der Waals surface area contributed by atoms with Gasteiger partial charge in [-0.3, -0.25) is 43.3 Å². The van der Waals surface area contributed by atoms with Crippen molar-refractivity contribution in [2.45, 2.75) is 148 Å². The highest BCUT2D eigenvalue weighted by atomic mass is 16.4. The number of hydrogen-bond acceptors (Lipinski definition) is 10. The van der Waals surface area contributed by atoms with E-state index >= 15 is 0 Å². The van der Waals surface area contributed by atoms with E-state index in [0.717, 1.165) is 11.1 Å². The van der Waals surface area contributed by atoms with Crippen LogP contribution in [0.4, 0.5) is 0 Å². The number of carbonyl (C=O) groups is 8. The molecule has 60 heavy (non-hydrogen) atoms. The first-order valence-corrected chi connectivity index (χ1v) is 21.1. The Balaban J connectivity index is 1.82. The molecule has 0 bridgehead atoms. The van der Waals surface area contributed by atoms with Gasteiger partial charge in [0, 0.05) is 19.5 Å². The zero-order chi connectivity index (χ0) is 44.4. The summed E-state index contributed by atoms with van der Waals surface area (Å²) in [5.41, 5.74) is 1.76. The van der Waals surface area contributed by atoms with Crippen LogP contribution in [0.3, 0.4) is 0 Å². The number of carboxylic acid groups (broad SMARTS) is 1. The molecule has 7 amide bonds. The van der Waals surface area contributed by atoms with Gasteiger partial charge >= 0.3 is 5.97 Å². The van der Waals surface area contributed by atoms with Crippen molar-refractivity contribution in [2.24, 2.45) is 11.8 Å². The van der Waals surface area contributed by atoms with Crippen LogP contribution in [-0.4, -0.2) is 141 Å². The van der Waals surface area contributed by atoms with Crippen LogP contribution in [0.2, 0.25) is 0 Å². The van der Waals surface area contributed by atoms with E-state index in [2.05, 4.69) is 31.9 Å². The van der Waals surface area contributed by atoms with E-state index in [9.17, 15) is 48.6 Å². The molecule has 0 spiro atoms. The van der Waals surface area contributed by atoms with E-state index < -0.39 is 108 Å². The van der Waals surface area contributed by atoms with Crippen LogP contribution in [0, 0.1) is 18.8 Å². The van der Waals surface area contributed by atoms with Crippen LogP contribution in [0.1, 0.15) is 91.2 Å². The lowest BCUT2D eigenvalue weighted by Gasteiger charge is -2.37. The Morgan fingerprint density at radius 3 is 1.95 bits per heavy atom. The van der Waals surface area contributed by atoms with Crippen LogP contribution in [0.25, 0.3) is 0 Å². The summed E-state index contributed by atoms with van der Waals surface area (Å²) in [6, 6.07) is -2.31. The Bertz CT molecular complexity index is 1740. The molecule has 18 heteroatoms. The Morgan fingerprint density at radius 1 is 0.750 bits per heavy atom. The lowest BCUT2D eigenvalue weighted by Crippen LogP contribution is -2.64. The Kier molecular flexibility index (Phi) is 17.0. The third kappa shape index (κ3) is 12.7. The SMILES string of the molecule is Cc1ccc(C[C@@H]2NC(=O)[C@@H]3CCCN3[C@H](C(=O)NCC(C)C)[C@@H](C)NC(=O)[C@H]([C@@H](C)O)NC(=O)[C@H](CC(=O)O)NC(=O)[C@H](CC(C)C)NC(=O)[C@H]3CCCN3C2=O)cc1. The number of hydrogen-bond donors (Lipinski definition) is 8. The maximum absolute atomic E-state index is 14.6. The Morgan fingerprint density at radius 2 is 1.33 bits per heavy atom. The highest BCUT2D eigenvalue weighted by Gasteiger charge is 2.45. The fourth-order valence-electron chi connectivity index (χ4n) is 8.09. The van der Waals surface area contributed by atoms with E-state index in [1.807, 2.05) is 45.0 Å². The smallest absolute Gasteiger partial charge is 0.305 e. The van der Waals surface area contributed by atoms with E-state index in [-0.39, 0.29) is 44.2 Å². The molecule has 332 valence electrons. The maximum atomic E-state index is 14.6. The molecule has 1 aromatic rings. The van der Waals surface area contributed by atoms with Crippen LogP contribution in [0.15, 0.2) is 24.3 Å². The molecule has 0 radical (unpaired) electrons. The molecule has 9 atom stereocenters. The third-order valence-electron chi connectivity index (χ3n) is 11.2. The molecule has 0 aromatic heterocycles. The zero-order valence-electron chi connectivity index (χ0n) is 35.8. The van der Waals surface area contributed by atoms with Crippen molar-refractivity contribution < 1.29 is 48.6 Å². The number of carbonyl (C=O) groups excluding carboxylic acids is 7. The quantitative estimate of drug-likeness (QED) is 0.149. The maximum Gasteiger partial charge on any atom is 0.305 e. The lowest BCUT2D eigenvalue weighted by molar-refractivity contribution is -0.143. The summed E-state index contributed by atoms with van der Waals surface area (Å²) in [4.78, 5) is 114. The molecule has 3 saturated heterocycles. The standard InChI is InChI=1S/C42H64N8O10/c1-22(2)18-28-36(54)45-29(20-33(52)53)37(55)48-34(26(7)51)40(58)44-25(6)35(41(59)43-21-23(3)4)49-16-8-10-31(49)38(56)47-30(19-27-14-12-24(5)13-15-27)42(60)50-17-9-11-32(50)39(57)46-28/h12-15,22-23,25-26,28-32,34-35,51H,8-11,16-21H2,1-7H3,(H,43,59)(H,44,58)(H,45,54)(H,46,57)(H,47,56)(H,48,55)(H,52,53)/t25-,26-,28+,29+,30+,31+,32-,34+,35+/m1/s1. The minimum atomic E-state index is -1.73. The number of nitrogens with one attached hydrogen (secondary N) is 6. The van der Waals surface area contributed by atoms with Crippen LogP contribution in [0.5, 0.6) is 0 Å². The number of amides is 7. The molecule has 0 saturated carbocycles. The first-order valence-electron chi connectivity index (χ1n) is 21.1. The predicted molar refractivity (Wildman–Crippen MR) is 220 cm³/mol. The molecule has 4 rings (SSSR count). The summed E-state index contributed by atoms with van der Waals surface area (Å²) in [6.07, 6.45) is -0.653. The first-order chi connectivity index (χ1) is 28.3. The zero-order valence-corrected chi connectivity index (χ0v) is 35.8. The molecule has 8 N–H and O–H groups in total. The summed E-state index contributed by atoms with van der Waals surface area (Å²) < 4.78 is 0. The Labute approximate surface area is 351 Å². The van der Waals surface area contributed by atoms with Crippen molar-refractivity contribution in [3.63, 3.8) is 0 Å². The van der Waals surface area contributed by atoms with Gasteiger partial charge in [0.05, 0.1) is 24.6 Å². The van der Waals surface area contributed by atoms with Crippen molar-refractivity contribution >= 4 is 47.3 Å². The minimum Gasteiger partial charge on any atom is -0.481 e. The average Bonchev–Trinajstić information content (AvgIpc) is 3.86. The third-order valence-corrected chi connectivity index (χ3v) is 11.2. The van der Waals surface area contributed by atoms with Gasteiger partial charge in [-0.25, -0.2) is 0 Å². The van der Waals surface area contributed by atoms with Gasteiger partial charge in [0.25, 0.3) is 0 Å². The summed E-state index contributed by atoms with van der Waals surface area (Å²) in [7, 11) is 0. The monoisotopic (exact) mass is 840 g/mol. The van der Waals surface area contributed by atoms with Crippen molar-refractivity contribution in [2.75, 3.05) is 19.6 Å². The molecular weight excluding hydrogens is 777 g/mol. The largest absolute Gasteiger partial charge is 0.481 e. The Hall–Kier alpha value is -5.10. The van der Waals surface area contributed by atoms with E-state index in [1.54, 1.807) is 25.7 Å². The number of benzene rings is 1. The van der Waals surface area contributed by atoms with Crippen LogP contribution < -0.4 is 31.9 Å². The van der Waals surface area contributed by atoms with Crippen LogP contribution >= 0.6 is 0 Å². The van der Waals surface area contributed by atoms with Gasteiger partial charge in [-0.05, 0) is 76.8 Å². The molecule has 3 aliphatic rings. The van der Waals surface area contributed by atoms with Crippen molar-refractivity contribution in [3.8, 4) is 0 Å². The summed E-state index contributed by atoms with van der Waals surface area (Å²) >= 11 is 0. The fourth-order valence-corrected chi connectivity index (χ4v) is 8.09. The van der Waals surface area contributed by atoms with Gasteiger partial charge < -0.3 is 47.0 Å². The van der Waals surface area contributed by atoms with Crippen molar-refractivity contribution in [1.82, 2.24) is 41.7 Å². The second kappa shape index (κ2) is 21.4. The predicted octanol–water partition coefficient (Wildman–Crippen LogP) is -0.507. The van der Waals surface area contributed by atoms with Gasteiger partial charge in [0.1, 0.15) is 36.3 Å². The second-order valence-corrected chi connectivity index (χ2v) is 17.3. The minimum absolute atomic E-state index is 0.0629. The van der Waals surface area contributed by atoms with Gasteiger partial charge in [0.2, 0.25) is 41.4 Å². The molecular formula is C42H64N8O10. The number of nitrogens with zero attached hydrogens (tertiary/aromatic N) is 2. The van der Waals surface area contributed by atoms with Gasteiger partial charge in [0.15, 0.2) is 0 Å². The van der Waals surface area contributed by atoms with Crippen molar-refractivity contribution in [1.29, 1.82) is 0 Å². The lowest BCUT2D eigenvalue weighted by atomic mass is 10.0. The second-order valence-electron chi connectivity index (χ2n) is 17.3. The normalized spacial score (nSPS) is 28.4. The molecule has 18 nitrogen and oxygen atoms in total. The van der Waals surface area contributed by atoms with Crippen molar-refractivity contribution in [3.05, 3.63) is 35.4 Å². The molecule has 3 fully saturated rings. The first kappa shape index (κ1) is 47.6. The topological polar surface area (TPSA) is 256 Å². The molecule has 1 aromatic carbocycles. The number of aryl methyl sites for hydroxylation is 1. The fraction of sp³-hybridized carbons (Fsp3) is 0.667. The molecule has 3 aliphatic heterocycles. The number of aliphatic hydroxyl groups is 1. The molecule has 0 aliphatic carbocycles. The molecule has 0 unspecified atom stereocenters. The van der Waals surface area contributed by atoms with E-state index in [1.165, 1.54) is 11.8 Å². The summed E-state index contributed by atoms with van der Waals surface area (Å²) in [6.45, 7) is 12.9. The summed E-state index contributed by atoms with van der Waals surface area (Å²) in [5, 5.41) is 36.6. The van der Waals surface area contributed by atoms with Gasteiger partial charge in [-0.1, -0.05) is 57.5 Å². The highest BCUT2D eigenvalue weighted by molar-refractivity contribution is 5.98. The number of rotatable bonds is 10.